The molecule has 0 aromatic carbocycles. The molecule has 1 aromatic rings. The number of hydrogen-bond donors (Lipinski definition) is 2. The second-order valence-electron chi connectivity index (χ2n) is 4.70. The summed E-state index contributed by atoms with van der Waals surface area (Å²) in [4.78, 5) is 44.4. The van der Waals surface area contributed by atoms with E-state index in [0.717, 1.165) is 25.6 Å². The zero-order valence-corrected chi connectivity index (χ0v) is 17.9. The third-order valence-electron chi connectivity index (χ3n) is 3.18. The molecule has 0 aliphatic carbocycles. The number of oxime groups is 1. The Kier molecular flexibility index (Phi) is 7.70. The van der Waals surface area contributed by atoms with Crippen molar-refractivity contribution in [3.05, 3.63) is 11.1 Å². The zero-order valence-electron chi connectivity index (χ0n) is 14.2. The number of aromatic nitrogens is 1. The molecule has 3 N–H and O–H groups in total. The first-order chi connectivity index (χ1) is 12.1. The topological polar surface area (TPSA) is 193 Å². The minimum absolute atomic E-state index is 0. The summed E-state index contributed by atoms with van der Waals surface area (Å²) < 4.78 is 37.5. The number of esters is 1. The SMILES string of the molecule is CO/N=C(\C(=O)N[C@H]1C(=O)N(S(=O)(=O)[O-])[C@H]1C(=O)OC)c1csc(N)n1.[Na+]. The molecule has 0 saturated carbocycles. The van der Waals surface area contributed by atoms with Crippen LogP contribution in [0.1, 0.15) is 5.69 Å². The molecule has 27 heavy (non-hydrogen) atoms. The molecule has 2 amide bonds. The largest absolute Gasteiger partial charge is 1.00 e. The van der Waals surface area contributed by atoms with E-state index in [1.54, 1.807) is 0 Å². The Bertz CT molecular complexity index is 885. The number of hydrogen-bond acceptors (Lipinski definition) is 12. The number of amides is 2. The van der Waals surface area contributed by atoms with Crippen LogP contribution in [0.4, 0.5) is 5.13 Å². The molecule has 0 bridgehead atoms. The van der Waals surface area contributed by atoms with Gasteiger partial charge < -0.3 is 25.2 Å². The zero-order chi connectivity index (χ0) is 19.6. The van der Waals surface area contributed by atoms with Gasteiger partial charge in [-0.3, -0.25) is 9.59 Å². The molecule has 2 rings (SSSR count). The Balaban J connectivity index is 0.00000364. The number of nitrogen functional groups attached to an aromatic ring is 1. The maximum Gasteiger partial charge on any atom is 1.00 e. The molecule has 1 aliphatic rings. The Labute approximate surface area is 179 Å². The number of nitrogens with zero attached hydrogens (tertiary/aromatic N) is 3. The molecular formula is C11H12N5NaO8S2. The fourth-order valence-corrected chi connectivity index (χ4v) is 3.47. The molecule has 1 fully saturated rings. The standard InChI is InChI=1S/C11H13N5O8S2.Na/c1-23-10(19)7-6(9(18)16(7)26(20,21)22)14-8(17)5(15-24-2)4-3-25-11(12)13-4;/h3,6-7H,1-2H3,(H2,12,13)(H,14,17)(H,20,21,22);/q;+1/p-1/b15-5-;/t6-,7-;/m1./s1. The van der Waals surface area contributed by atoms with E-state index in [-0.39, 0.29) is 50.4 Å². The third kappa shape index (κ3) is 4.74. The third-order valence-corrected chi connectivity index (χ3v) is 4.75. The minimum Gasteiger partial charge on any atom is -0.731 e. The van der Waals surface area contributed by atoms with Crippen molar-refractivity contribution >= 4 is 50.3 Å². The van der Waals surface area contributed by atoms with Crippen LogP contribution in [-0.4, -0.2) is 72.1 Å². The van der Waals surface area contributed by atoms with E-state index in [1.807, 2.05) is 0 Å². The van der Waals surface area contributed by atoms with Crippen molar-refractivity contribution in [1.82, 2.24) is 14.6 Å². The first kappa shape index (κ1) is 23.3. The van der Waals surface area contributed by atoms with Crippen LogP contribution in [0.5, 0.6) is 0 Å². The number of nitrogens with two attached hydrogens (primary N) is 1. The van der Waals surface area contributed by atoms with E-state index in [2.05, 4.69) is 25.0 Å². The second-order valence-corrected chi connectivity index (χ2v) is 6.84. The molecule has 0 unspecified atom stereocenters. The van der Waals surface area contributed by atoms with E-state index in [4.69, 9.17) is 5.73 Å². The molecule has 1 saturated heterocycles. The number of thiazole rings is 1. The first-order valence-electron chi connectivity index (χ1n) is 6.62. The van der Waals surface area contributed by atoms with Crippen molar-refractivity contribution in [1.29, 1.82) is 0 Å². The van der Waals surface area contributed by atoms with Gasteiger partial charge in [-0.15, -0.1) is 11.3 Å². The van der Waals surface area contributed by atoms with Gasteiger partial charge >= 0.3 is 35.5 Å². The number of β-lactam (4-membered cyclic amide) rings is 1. The predicted octanol–water partition coefficient (Wildman–Crippen LogP) is -5.59. The summed E-state index contributed by atoms with van der Waals surface area (Å²) in [7, 11) is -3.19. The van der Waals surface area contributed by atoms with E-state index in [9.17, 15) is 27.4 Å². The average Bonchev–Trinajstić information content (AvgIpc) is 2.98. The van der Waals surface area contributed by atoms with Crippen LogP contribution in [-0.2, 0) is 34.3 Å². The van der Waals surface area contributed by atoms with Crippen molar-refractivity contribution in [2.24, 2.45) is 5.16 Å². The first-order valence-corrected chi connectivity index (χ1v) is 8.86. The fraction of sp³-hybridized carbons (Fsp3) is 0.364. The van der Waals surface area contributed by atoms with Crippen LogP contribution in [0.15, 0.2) is 10.5 Å². The van der Waals surface area contributed by atoms with Crippen LogP contribution < -0.4 is 40.6 Å². The molecule has 13 nitrogen and oxygen atoms in total. The van der Waals surface area contributed by atoms with Crippen molar-refractivity contribution in [3.63, 3.8) is 0 Å². The van der Waals surface area contributed by atoms with E-state index >= 15 is 0 Å². The Morgan fingerprint density at radius 3 is 2.52 bits per heavy atom. The summed E-state index contributed by atoms with van der Waals surface area (Å²) >= 11 is 1.01. The number of nitrogens with one attached hydrogen (secondary N) is 1. The van der Waals surface area contributed by atoms with Crippen LogP contribution in [0.3, 0.4) is 0 Å². The van der Waals surface area contributed by atoms with Gasteiger partial charge in [0, 0.05) is 5.38 Å². The Hall–Kier alpha value is -1.78. The summed E-state index contributed by atoms with van der Waals surface area (Å²) in [6.45, 7) is 0. The van der Waals surface area contributed by atoms with Gasteiger partial charge in [-0.25, -0.2) is 22.5 Å². The number of anilines is 1. The van der Waals surface area contributed by atoms with Gasteiger partial charge in [-0.2, -0.15) is 0 Å². The normalized spacial score (nSPS) is 19.6. The van der Waals surface area contributed by atoms with Crippen molar-refractivity contribution in [2.45, 2.75) is 12.1 Å². The molecule has 16 heteroatoms. The smallest absolute Gasteiger partial charge is 0.731 e. The van der Waals surface area contributed by atoms with Crippen LogP contribution in [0.25, 0.3) is 0 Å². The molecular weight excluding hydrogens is 417 g/mol. The van der Waals surface area contributed by atoms with E-state index in [0.29, 0.717) is 0 Å². The average molecular weight is 429 g/mol. The summed E-state index contributed by atoms with van der Waals surface area (Å²) in [6, 6.07) is -3.47. The Morgan fingerprint density at radius 1 is 1.44 bits per heavy atom. The van der Waals surface area contributed by atoms with E-state index < -0.39 is 40.2 Å². The molecule has 0 spiro atoms. The minimum atomic E-state index is -5.27. The van der Waals surface area contributed by atoms with Gasteiger partial charge in [0.25, 0.3) is 11.8 Å². The van der Waals surface area contributed by atoms with Gasteiger partial charge in [0.2, 0.25) is 0 Å². The van der Waals surface area contributed by atoms with Gasteiger partial charge in [0.15, 0.2) is 27.2 Å². The Morgan fingerprint density at radius 2 is 2.07 bits per heavy atom. The maximum absolute atomic E-state index is 12.4. The van der Waals surface area contributed by atoms with Crippen LogP contribution >= 0.6 is 11.3 Å². The summed E-state index contributed by atoms with van der Waals surface area (Å²) in [5.74, 6) is -3.50. The molecule has 2 atom stereocenters. The molecule has 142 valence electrons. The van der Waals surface area contributed by atoms with Crippen molar-refractivity contribution < 1.29 is 66.5 Å². The second kappa shape index (κ2) is 8.94. The molecule has 2 heterocycles. The number of rotatable bonds is 6. The van der Waals surface area contributed by atoms with Gasteiger partial charge in [0.05, 0.1) is 7.11 Å². The monoisotopic (exact) mass is 429 g/mol. The maximum atomic E-state index is 12.4. The van der Waals surface area contributed by atoms with Crippen molar-refractivity contribution in [2.75, 3.05) is 20.0 Å². The summed E-state index contributed by atoms with van der Waals surface area (Å²) in [5, 5.41) is 7.10. The fourth-order valence-electron chi connectivity index (χ4n) is 2.11. The predicted molar refractivity (Wildman–Crippen MR) is 84.4 cm³/mol. The quantitative estimate of drug-likeness (QED) is 0.110. The number of ether oxygens (including phenoxy) is 1. The molecule has 0 radical (unpaired) electrons. The van der Waals surface area contributed by atoms with Crippen LogP contribution in [0, 0.1) is 0 Å². The number of methoxy groups -OCH3 is 1. The summed E-state index contributed by atoms with van der Waals surface area (Å²) in [6.07, 6.45) is 0. The van der Waals surface area contributed by atoms with Gasteiger partial charge in [-0.05, 0) is 0 Å². The number of carbonyl (C=O) groups is 3. The van der Waals surface area contributed by atoms with Crippen molar-refractivity contribution in [3.8, 4) is 0 Å². The summed E-state index contributed by atoms with van der Waals surface area (Å²) in [5.41, 5.74) is 5.13. The van der Waals surface area contributed by atoms with E-state index in [1.165, 1.54) is 5.38 Å². The van der Waals surface area contributed by atoms with Gasteiger partial charge in [-0.1, -0.05) is 5.16 Å². The van der Waals surface area contributed by atoms with Gasteiger partial charge in [0.1, 0.15) is 18.8 Å². The molecule has 1 aliphatic heterocycles. The van der Waals surface area contributed by atoms with Crippen LogP contribution in [0.2, 0.25) is 0 Å². The number of carbonyl (C=O) groups excluding carboxylic acids is 3. The molecule has 1 aromatic heterocycles.